The van der Waals surface area contributed by atoms with Crippen LogP contribution in [0, 0.1) is 10.5 Å². The Morgan fingerprint density at radius 3 is 2.65 bits per heavy atom. The van der Waals surface area contributed by atoms with Gasteiger partial charge in [-0.05, 0) is 81.3 Å². The van der Waals surface area contributed by atoms with E-state index in [0.717, 1.165) is 18.1 Å². The van der Waals surface area contributed by atoms with Crippen LogP contribution in [-0.4, -0.2) is 5.91 Å². The van der Waals surface area contributed by atoms with Crippen molar-refractivity contribution in [2.45, 2.75) is 6.92 Å². The van der Waals surface area contributed by atoms with Gasteiger partial charge in [-0.2, -0.15) is 0 Å². The van der Waals surface area contributed by atoms with E-state index in [4.69, 9.17) is 5.73 Å². The molecule has 0 radical (unpaired) electrons. The summed E-state index contributed by atoms with van der Waals surface area (Å²) < 4.78 is 2.56. The summed E-state index contributed by atoms with van der Waals surface area (Å²) in [6.07, 6.45) is 0. The molecule has 2 rings (SSSR count). The van der Waals surface area contributed by atoms with E-state index >= 15 is 0 Å². The highest BCUT2D eigenvalue weighted by atomic mass is 127. The lowest BCUT2D eigenvalue weighted by molar-refractivity contribution is 0.102. The largest absolute Gasteiger partial charge is 0.398 e. The third-order valence-electron chi connectivity index (χ3n) is 2.78. The Bertz CT molecular complexity index is 689. The standard InChI is InChI=1S/C14H11Br2IN2O/c1-7-4-10(16)13(6-12(7)18)19-14(20)9-5-8(15)2-3-11(9)17/h2-6H,18H2,1H3,(H,19,20). The smallest absolute Gasteiger partial charge is 0.256 e. The average Bonchev–Trinajstić information content (AvgIpc) is 2.38. The molecular formula is C14H11Br2IN2O. The Hall–Kier alpha value is -0.600. The molecule has 0 saturated carbocycles. The summed E-state index contributed by atoms with van der Waals surface area (Å²) in [6.45, 7) is 1.92. The van der Waals surface area contributed by atoms with Gasteiger partial charge in [-0.1, -0.05) is 15.9 Å². The number of hydrogen-bond acceptors (Lipinski definition) is 2. The van der Waals surface area contributed by atoms with Crippen LogP contribution in [0.2, 0.25) is 0 Å². The second-order valence-corrected chi connectivity index (χ2v) is 7.20. The van der Waals surface area contributed by atoms with E-state index in [1.54, 1.807) is 12.1 Å². The van der Waals surface area contributed by atoms with E-state index in [9.17, 15) is 4.79 Å². The Labute approximate surface area is 147 Å². The maximum Gasteiger partial charge on any atom is 0.256 e. The third-order valence-corrected chi connectivity index (χ3v) is 4.87. The summed E-state index contributed by atoms with van der Waals surface area (Å²) in [4.78, 5) is 12.3. The molecule has 6 heteroatoms. The van der Waals surface area contributed by atoms with Gasteiger partial charge in [0.25, 0.3) is 5.91 Å². The molecular weight excluding hydrogens is 499 g/mol. The number of aryl methyl sites for hydroxylation is 1. The van der Waals surface area contributed by atoms with Gasteiger partial charge in [0.15, 0.2) is 0 Å². The number of halogens is 3. The van der Waals surface area contributed by atoms with E-state index in [-0.39, 0.29) is 5.91 Å². The van der Waals surface area contributed by atoms with Gasteiger partial charge in [-0.25, -0.2) is 0 Å². The minimum Gasteiger partial charge on any atom is -0.398 e. The van der Waals surface area contributed by atoms with Crippen molar-refractivity contribution >= 4 is 71.7 Å². The molecule has 0 aromatic heterocycles. The maximum atomic E-state index is 12.3. The Kier molecular flexibility index (Phi) is 5.09. The number of benzene rings is 2. The fraction of sp³-hybridized carbons (Fsp3) is 0.0714. The average molecular weight is 510 g/mol. The molecule has 3 nitrogen and oxygen atoms in total. The highest BCUT2D eigenvalue weighted by molar-refractivity contribution is 14.1. The van der Waals surface area contributed by atoms with Crippen LogP contribution >= 0.6 is 54.5 Å². The molecule has 0 aliphatic rings. The van der Waals surface area contributed by atoms with Gasteiger partial charge in [0.05, 0.1) is 11.3 Å². The first-order valence-electron chi connectivity index (χ1n) is 5.70. The molecule has 0 bridgehead atoms. The van der Waals surface area contributed by atoms with Gasteiger partial charge in [-0.15, -0.1) is 0 Å². The number of nitrogen functional groups attached to an aromatic ring is 1. The first-order chi connectivity index (χ1) is 9.38. The van der Waals surface area contributed by atoms with Crippen molar-refractivity contribution in [2.24, 2.45) is 0 Å². The molecule has 0 spiro atoms. The molecule has 0 aliphatic carbocycles. The summed E-state index contributed by atoms with van der Waals surface area (Å²) >= 11 is 8.94. The molecule has 0 atom stereocenters. The van der Waals surface area contributed by atoms with Crippen molar-refractivity contribution in [1.82, 2.24) is 0 Å². The van der Waals surface area contributed by atoms with Crippen molar-refractivity contribution in [3.63, 3.8) is 0 Å². The van der Waals surface area contributed by atoms with E-state index in [1.165, 1.54) is 0 Å². The lowest BCUT2D eigenvalue weighted by Crippen LogP contribution is -2.14. The van der Waals surface area contributed by atoms with Crippen molar-refractivity contribution < 1.29 is 4.79 Å². The molecule has 3 N–H and O–H groups in total. The second kappa shape index (κ2) is 6.44. The number of nitrogens with one attached hydrogen (secondary N) is 1. The van der Waals surface area contributed by atoms with Crippen LogP contribution in [0.5, 0.6) is 0 Å². The van der Waals surface area contributed by atoms with Gasteiger partial charge in [0, 0.05) is 18.2 Å². The first-order valence-corrected chi connectivity index (χ1v) is 8.37. The molecule has 2 aromatic rings. The second-order valence-electron chi connectivity index (χ2n) is 4.27. The van der Waals surface area contributed by atoms with E-state index in [1.807, 2.05) is 25.1 Å². The number of rotatable bonds is 2. The van der Waals surface area contributed by atoms with Crippen LogP contribution in [0.1, 0.15) is 15.9 Å². The molecule has 104 valence electrons. The molecule has 0 saturated heterocycles. The lowest BCUT2D eigenvalue weighted by atomic mass is 10.1. The zero-order valence-corrected chi connectivity index (χ0v) is 15.8. The van der Waals surface area contributed by atoms with Gasteiger partial charge < -0.3 is 11.1 Å². The third kappa shape index (κ3) is 3.53. The quantitative estimate of drug-likeness (QED) is 0.444. The van der Waals surface area contributed by atoms with Crippen LogP contribution in [0.25, 0.3) is 0 Å². The van der Waals surface area contributed by atoms with Crippen molar-refractivity contribution in [1.29, 1.82) is 0 Å². The molecule has 1 amide bonds. The van der Waals surface area contributed by atoms with Gasteiger partial charge in [-0.3, -0.25) is 4.79 Å². The van der Waals surface area contributed by atoms with Crippen LogP contribution in [0.4, 0.5) is 11.4 Å². The topological polar surface area (TPSA) is 55.1 Å². The molecule has 20 heavy (non-hydrogen) atoms. The minimum absolute atomic E-state index is 0.167. The zero-order valence-electron chi connectivity index (χ0n) is 10.5. The lowest BCUT2D eigenvalue weighted by Gasteiger charge is -2.11. The molecule has 0 unspecified atom stereocenters. The fourth-order valence-corrected chi connectivity index (χ4v) is 3.14. The number of amides is 1. The molecule has 0 heterocycles. The predicted octanol–water partition coefficient (Wildman–Crippen LogP) is 4.96. The zero-order chi connectivity index (χ0) is 14.9. The van der Waals surface area contributed by atoms with Crippen molar-refractivity contribution in [3.8, 4) is 0 Å². The van der Waals surface area contributed by atoms with Crippen LogP contribution in [0.15, 0.2) is 39.3 Å². The Morgan fingerprint density at radius 2 is 1.95 bits per heavy atom. The monoisotopic (exact) mass is 508 g/mol. The predicted molar refractivity (Wildman–Crippen MR) is 98.1 cm³/mol. The number of nitrogens with two attached hydrogens (primary N) is 1. The first kappa shape index (κ1) is 15.8. The van der Waals surface area contributed by atoms with Crippen molar-refractivity contribution in [3.05, 3.63) is 54.0 Å². The molecule has 0 aliphatic heterocycles. The fourth-order valence-electron chi connectivity index (χ4n) is 1.65. The summed E-state index contributed by atoms with van der Waals surface area (Å²) in [7, 11) is 0. The van der Waals surface area contributed by atoms with Crippen LogP contribution in [-0.2, 0) is 0 Å². The van der Waals surface area contributed by atoms with Gasteiger partial charge >= 0.3 is 0 Å². The molecule has 2 aromatic carbocycles. The maximum absolute atomic E-state index is 12.3. The summed E-state index contributed by atoms with van der Waals surface area (Å²) in [6, 6.07) is 9.22. The van der Waals surface area contributed by atoms with Crippen LogP contribution in [0.3, 0.4) is 0 Å². The summed E-state index contributed by atoms with van der Waals surface area (Å²) in [5.74, 6) is -0.167. The Balaban J connectivity index is 2.32. The summed E-state index contributed by atoms with van der Waals surface area (Å²) in [5.41, 5.74) is 8.77. The number of carbonyl (C=O) groups is 1. The Morgan fingerprint density at radius 1 is 1.25 bits per heavy atom. The summed E-state index contributed by atoms with van der Waals surface area (Å²) in [5, 5.41) is 2.87. The van der Waals surface area contributed by atoms with Crippen molar-refractivity contribution in [2.75, 3.05) is 11.1 Å². The van der Waals surface area contributed by atoms with Gasteiger partial charge in [0.1, 0.15) is 0 Å². The SMILES string of the molecule is Cc1cc(Br)c(NC(=O)c2cc(Br)ccc2I)cc1N. The highest BCUT2D eigenvalue weighted by Crippen LogP contribution is 2.29. The normalized spacial score (nSPS) is 10.4. The number of carbonyl (C=O) groups excluding carboxylic acids is 1. The number of anilines is 2. The highest BCUT2D eigenvalue weighted by Gasteiger charge is 2.13. The van der Waals surface area contributed by atoms with E-state index in [0.29, 0.717) is 16.9 Å². The van der Waals surface area contributed by atoms with Gasteiger partial charge in [0.2, 0.25) is 0 Å². The molecule has 0 fully saturated rings. The van der Waals surface area contributed by atoms with E-state index < -0.39 is 0 Å². The van der Waals surface area contributed by atoms with E-state index in [2.05, 4.69) is 59.8 Å². The number of hydrogen-bond donors (Lipinski definition) is 2. The van der Waals surface area contributed by atoms with Crippen LogP contribution < -0.4 is 11.1 Å². The minimum atomic E-state index is -0.167.